The molecule has 1 aromatic carbocycles. The lowest BCUT2D eigenvalue weighted by atomic mass is 10.1. The molecule has 5 heteroatoms. The summed E-state index contributed by atoms with van der Waals surface area (Å²) in [6.07, 6.45) is 0. The van der Waals surface area contributed by atoms with Gasteiger partial charge in [0.1, 0.15) is 0 Å². The van der Waals surface area contributed by atoms with E-state index in [1.54, 1.807) is 19.1 Å². The molecule has 0 saturated heterocycles. The van der Waals surface area contributed by atoms with Crippen LogP contribution in [0.1, 0.15) is 22.8 Å². The number of esters is 1. The summed E-state index contributed by atoms with van der Waals surface area (Å²) in [7, 11) is 0. The van der Waals surface area contributed by atoms with Gasteiger partial charge < -0.3 is 4.74 Å². The Bertz CT molecular complexity index is 380. The van der Waals surface area contributed by atoms with E-state index in [-0.39, 0.29) is 5.97 Å². The Morgan fingerprint density at radius 1 is 1.53 bits per heavy atom. The minimum Gasteiger partial charge on any atom is -0.462 e. The van der Waals surface area contributed by atoms with E-state index in [4.69, 9.17) is 16.3 Å². The van der Waals surface area contributed by atoms with Crippen molar-refractivity contribution < 1.29 is 9.53 Å². The van der Waals surface area contributed by atoms with Gasteiger partial charge in [0.05, 0.1) is 21.7 Å². The van der Waals surface area contributed by atoms with Gasteiger partial charge in [0.2, 0.25) is 0 Å². The van der Waals surface area contributed by atoms with Crippen molar-refractivity contribution in [1.29, 1.82) is 0 Å². The molecule has 0 atom stereocenters. The Morgan fingerprint density at radius 2 is 2.20 bits per heavy atom. The highest BCUT2D eigenvalue weighted by Crippen LogP contribution is 2.30. The fourth-order valence-corrected chi connectivity index (χ4v) is 2.30. The van der Waals surface area contributed by atoms with E-state index in [9.17, 15) is 4.79 Å². The third kappa shape index (κ3) is 2.95. The van der Waals surface area contributed by atoms with Crippen LogP contribution in [-0.4, -0.2) is 12.6 Å². The number of carbonyl (C=O) groups is 1. The third-order valence-electron chi connectivity index (χ3n) is 1.80. The molecule has 0 N–H and O–H groups in total. The third-order valence-corrected chi connectivity index (χ3v) is 3.78. The van der Waals surface area contributed by atoms with Crippen molar-refractivity contribution in [2.75, 3.05) is 6.61 Å². The average Bonchev–Trinajstić information content (AvgIpc) is 2.22. The second-order valence-corrected chi connectivity index (χ2v) is 4.51. The molecule has 0 unspecified atom stereocenters. The van der Waals surface area contributed by atoms with Crippen LogP contribution in [0.3, 0.4) is 0 Å². The van der Waals surface area contributed by atoms with Gasteiger partial charge in [0.15, 0.2) is 0 Å². The summed E-state index contributed by atoms with van der Waals surface area (Å²) in [5.41, 5.74) is 1.34. The van der Waals surface area contributed by atoms with E-state index in [0.29, 0.717) is 27.0 Å². The van der Waals surface area contributed by atoms with Gasteiger partial charge in [-0.15, -0.1) is 0 Å². The van der Waals surface area contributed by atoms with E-state index in [1.807, 2.05) is 0 Å². The molecule has 15 heavy (non-hydrogen) atoms. The van der Waals surface area contributed by atoms with Crippen LogP contribution < -0.4 is 0 Å². The Labute approximate surface area is 110 Å². The highest BCUT2D eigenvalue weighted by Gasteiger charge is 2.17. The van der Waals surface area contributed by atoms with Crippen LogP contribution in [0.15, 0.2) is 16.6 Å². The van der Waals surface area contributed by atoms with E-state index in [0.717, 1.165) is 5.56 Å². The SMILES string of the molecule is CCOC(=O)c1c(CBr)ccc(Cl)c1Br. The first-order valence-electron chi connectivity index (χ1n) is 4.31. The predicted octanol–water partition coefficient (Wildman–Crippen LogP) is 4.17. The molecule has 0 aliphatic rings. The summed E-state index contributed by atoms with van der Waals surface area (Å²) in [6.45, 7) is 2.11. The van der Waals surface area contributed by atoms with Crippen molar-refractivity contribution in [2.45, 2.75) is 12.3 Å². The normalized spacial score (nSPS) is 10.1. The quantitative estimate of drug-likeness (QED) is 0.600. The molecule has 1 aromatic rings. The maximum atomic E-state index is 11.7. The fraction of sp³-hybridized carbons (Fsp3) is 0.300. The number of rotatable bonds is 3. The van der Waals surface area contributed by atoms with Crippen LogP contribution in [0.4, 0.5) is 0 Å². The van der Waals surface area contributed by atoms with Crippen molar-refractivity contribution in [3.8, 4) is 0 Å². The molecule has 2 nitrogen and oxygen atoms in total. The zero-order chi connectivity index (χ0) is 11.4. The summed E-state index contributed by atoms with van der Waals surface area (Å²) >= 11 is 12.5. The lowest BCUT2D eigenvalue weighted by Crippen LogP contribution is -2.08. The summed E-state index contributed by atoms with van der Waals surface area (Å²) in [5, 5.41) is 1.08. The number of ether oxygens (including phenoxy) is 1. The van der Waals surface area contributed by atoms with Crippen LogP contribution in [-0.2, 0) is 10.1 Å². The van der Waals surface area contributed by atoms with Crippen LogP contribution in [0.2, 0.25) is 5.02 Å². The molecule has 0 amide bonds. The van der Waals surface area contributed by atoms with Crippen molar-refractivity contribution in [2.24, 2.45) is 0 Å². The Balaban J connectivity index is 3.23. The summed E-state index contributed by atoms with van der Waals surface area (Å²) in [4.78, 5) is 11.7. The summed E-state index contributed by atoms with van der Waals surface area (Å²) in [6, 6.07) is 3.54. The van der Waals surface area contributed by atoms with Crippen molar-refractivity contribution in [3.05, 3.63) is 32.8 Å². The molecule has 0 aliphatic heterocycles. The lowest BCUT2D eigenvalue weighted by Gasteiger charge is -2.09. The van der Waals surface area contributed by atoms with E-state index in [1.165, 1.54) is 0 Å². The van der Waals surface area contributed by atoms with Crippen LogP contribution >= 0.6 is 43.5 Å². The number of hydrogen-bond acceptors (Lipinski definition) is 2. The van der Waals surface area contributed by atoms with Crippen molar-refractivity contribution in [1.82, 2.24) is 0 Å². The van der Waals surface area contributed by atoms with Crippen molar-refractivity contribution >= 4 is 49.4 Å². The number of hydrogen-bond donors (Lipinski definition) is 0. The molecule has 1 rings (SSSR count). The molecule has 0 fully saturated rings. The maximum absolute atomic E-state index is 11.7. The van der Waals surface area contributed by atoms with Crippen LogP contribution in [0.5, 0.6) is 0 Å². The minimum atomic E-state index is -0.360. The number of benzene rings is 1. The van der Waals surface area contributed by atoms with E-state index >= 15 is 0 Å². The second-order valence-electron chi connectivity index (χ2n) is 2.75. The zero-order valence-electron chi connectivity index (χ0n) is 8.02. The van der Waals surface area contributed by atoms with Crippen LogP contribution in [0, 0.1) is 0 Å². The zero-order valence-corrected chi connectivity index (χ0v) is 11.9. The number of alkyl halides is 1. The Morgan fingerprint density at radius 3 is 2.73 bits per heavy atom. The number of carbonyl (C=O) groups excluding carboxylic acids is 1. The molecular formula is C10H9Br2ClO2. The van der Waals surface area contributed by atoms with Gasteiger partial charge in [0.25, 0.3) is 0 Å². The van der Waals surface area contributed by atoms with Gasteiger partial charge in [-0.2, -0.15) is 0 Å². The molecular weight excluding hydrogens is 347 g/mol. The highest BCUT2D eigenvalue weighted by atomic mass is 79.9. The first-order valence-corrected chi connectivity index (χ1v) is 6.61. The molecule has 0 radical (unpaired) electrons. The monoisotopic (exact) mass is 354 g/mol. The first kappa shape index (κ1) is 13.0. The predicted molar refractivity (Wildman–Crippen MR) is 67.7 cm³/mol. The molecule has 0 aliphatic carbocycles. The molecule has 0 bridgehead atoms. The largest absolute Gasteiger partial charge is 0.462 e. The van der Waals surface area contributed by atoms with Crippen LogP contribution in [0.25, 0.3) is 0 Å². The van der Waals surface area contributed by atoms with Crippen molar-refractivity contribution in [3.63, 3.8) is 0 Å². The smallest absolute Gasteiger partial charge is 0.339 e. The van der Waals surface area contributed by atoms with Gasteiger partial charge in [-0.25, -0.2) is 4.79 Å². The summed E-state index contributed by atoms with van der Waals surface area (Å²) < 4.78 is 5.54. The lowest BCUT2D eigenvalue weighted by molar-refractivity contribution is 0.0524. The van der Waals surface area contributed by atoms with E-state index in [2.05, 4.69) is 31.9 Å². The topological polar surface area (TPSA) is 26.3 Å². The fourth-order valence-electron chi connectivity index (χ4n) is 1.13. The van der Waals surface area contributed by atoms with Gasteiger partial charge >= 0.3 is 5.97 Å². The van der Waals surface area contributed by atoms with E-state index < -0.39 is 0 Å². The minimum absolute atomic E-state index is 0.347. The number of halogens is 3. The second kappa shape index (κ2) is 5.87. The average molecular weight is 356 g/mol. The van der Waals surface area contributed by atoms with Gasteiger partial charge in [-0.1, -0.05) is 33.6 Å². The Hall–Kier alpha value is -0.0600. The first-order chi connectivity index (χ1) is 7.11. The van der Waals surface area contributed by atoms with Gasteiger partial charge in [0, 0.05) is 5.33 Å². The molecule has 0 heterocycles. The highest BCUT2D eigenvalue weighted by molar-refractivity contribution is 9.10. The summed E-state index contributed by atoms with van der Waals surface area (Å²) in [5.74, 6) is -0.360. The molecule has 0 aromatic heterocycles. The standard InChI is InChI=1S/C10H9Br2ClO2/c1-2-15-10(14)8-6(5-11)3-4-7(13)9(8)12/h3-4H,2,5H2,1H3. The molecule has 0 spiro atoms. The van der Waals surface area contributed by atoms with Gasteiger partial charge in [-0.3, -0.25) is 0 Å². The maximum Gasteiger partial charge on any atom is 0.339 e. The molecule has 82 valence electrons. The molecule has 0 saturated carbocycles. The van der Waals surface area contributed by atoms with Gasteiger partial charge in [-0.05, 0) is 34.5 Å². The Kier molecular flexibility index (Phi) is 5.09.